The van der Waals surface area contributed by atoms with Crippen molar-refractivity contribution < 1.29 is 13.2 Å². The predicted molar refractivity (Wildman–Crippen MR) is 59.4 cm³/mol. The van der Waals surface area contributed by atoms with Crippen molar-refractivity contribution >= 4 is 15.9 Å². The van der Waals surface area contributed by atoms with Gasteiger partial charge in [-0.1, -0.05) is 6.92 Å². The van der Waals surface area contributed by atoms with Crippen molar-refractivity contribution in [1.82, 2.24) is 4.31 Å². The van der Waals surface area contributed by atoms with Crippen LogP contribution in [0.2, 0.25) is 0 Å². The number of hydrogen-bond acceptors (Lipinski definition) is 4. The third-order valence-corrected chi connectivity index (χ3v) is 3.83. The Kier molecular flexibility index (Phi) is 6.46. The Morgan fingerprint density at radius 1 is 1.53 bits per heavy atom. The largest absolute Gasteiger partial charge is 0.388 e. The van der Waals surface area contributed by atoms with Crippen LogP contribution in [0.25, 0.3) is 0 Å². The van der Waals surface area contributed by atoms with E-state index in [0.717, 1.165) is 0 Å². The van der Waals surface area contributed by atoms with E-state index in [-0.39, 0.29) is 31.2 Å². The van der Waals surface area contributed by atoms with E-state index in [2.05, 4.69) is 0 Å². The monoisotopic (exact) mass is 237 g/mol. The summed E-state index contributed by atoms with van der Waals surface area (Å²) in [4.78, 5) is 0. The molecule has 0 aromatic rings. The smallest absolute Gasteiger partial charge is 0.216 e. The van der Waals surface area contributed by atoms with Crippen LogP contribution in [0.1, 0.15) is 13.3 Å². The van der Waals surface area contributed by atoms with Gasteiger partial charge in [0.05, 0.1) is 18.2 Å². The number of sulfonamides is 1. The number of nitrogens with one attached hydrogen (secondary N) is 1. The Hall–Kier alpha value is -0.660. The van der Waals surface area contributed by atoms with E-state index in [9.17, 15) is 8.42 Å². The molecule has 0 heterocycles. The van der Waals surface area contributed by atoms with E-state index >= 15 is 0 Å². The average Bonchev–Trinajstić information content (AvgIpc) is 2.15. The molecule has 3 N–H and O–H groups in total. The maximum Gasteiger partial charge on any atom is 0.216 e. The summed E-state index contributed by atoms with van der Waals surface area (Å²) in [6, 6.07) is 0. The van der Waals surface area contributed by atoms with Crippen molar-refractivity contribution in [2.75, 3.05) is 32.6 Å². The molecule has 7 heteroatoms. The molecular weight excluding hydrogens is 218 g/mol. The first kappa shape index (κ1) is 14.3. The molecule has 0 aliphatic carbocycles. The lowest BCUT2D eigenvalue weighted by Gasteiger charge is -2.19. The molecule has 0 saturated heterocycles. The fraction of sp³-hybridized carbons (Fsp3) is 0.875. The highest BCUT2D eigenvalue weighted by atomic mass is 32.2. The lowest BCUT2D eigenvalue weighted by atomic mass is 10.4. The van der Waals surface area contributed by atoms with Crippen molar-refractivity contribution in [3.63, 3.8) is 0 Å². The molecule has 0 aromatic heterocycles. The van der Waals surface area contributed by atoms with Crippen molar-refractivity contribution in [2.45, 2.75) is 13.3 Å². The van der Waals surface area contributed by atoms with E-state index < -0.39 is 10.0 Å². The van der Waals surface area contributed by atoms with Gasteiger partial charge in [0.25, 0.3) is 0 Å². The second-order valence-corrected chi connectivity index (χ2v) is 5.16. The third kappa shape index (κ3) is 5.71. The zero-order chi connectivity index (χ0) is 11.9. The molecule has 15 heavy (non-hydrogen) atoms. The van der Waals surface area contributed by atoms with Gasteiger partial charge in [-0.15, -0.1) is 0 Å². The lowest BCUT2D eigenvalue weighted by Crippen LogP contribution is -2.36. The average molecular weight is 237 g/mol. The number of nitrogens with zero attached hydrogens (tertiary/aromatic N) is 1. The van der Waals surface area contributed by atoms with Gasteiger partial charge in [0.1, 0.15) is 0 Å². The third-order valence-electron chi connectivity index (χ3n) is 1.92. The standard InChI is InChI=1S/C8H19N3O3S/c1-3-11(5-4-8(9)10)15(12,13)7-6-14-2/h3-7H2,1-2H3,(H3,9,10). The summed E-state index contributed by atoms with van der Waals surface area (Å²) in [5.41, 5.74) is 5.18. The van der Waals surface area contributed by atoms with Crippen LogP contribution >= 0.6 is 0 Å². The van der Waals surface area contributed by atoms with Crippen LogP contribution in [-0.2, 0) is 14.8 Å². The van der Waals surface area contributed by atoms with Gasteiger partial charge >= 0.3 is 0 Å². The Morgan fingerprint density at radius 2 is 2.13 bits per heavy atom. The zero-order valence-corrected chi connectivity index (χ0v) is 10.0. The first-order valence-electron chi connectivity index (χ1n) is 4.73. The highest BCUT2D eigenvalue weighted by Gasteiger charge is 2.19. The molecule has 90 valence electrons. The van der Waals surface area contributed by atoms with Crippen LogP contribution in [-0.4, -0.2) is 51.1 Å². The number of hydrogen-bond donors (Lipinski definition) is 2. The fourth-order valence-electron chi connectivity index (χ4n) is 1.06. The Bertz CT molecular complexity index is 290. The van der Waals surface area contributed by atoms with Crippen LogP contribution in [0.5, 0.6) is 0 Å². The molecule has 0 aliphatic rings. The van der Waals surface area contributed by atoms with Crippen LogP contribution in [0.3, 0.4) is 0 Å². The molecule has 0 rings (SSSR count). The zero-order valence-electron chi connectivity index (χ0n) is 9.19. The van der Waals surface area contributed by atoms with Crippen molar-refractivity contribution in [2.24, 2.45) is 5.73 Å². The second kappa shape index (κ2) is 6.76. The SMILES string of the molecule is CCN(CCC(=N)N)S(=O)(=O)CCOC. The summed E-state index contributed by atoms with van der Waals surface area (Å²) < 4.78 is 29.4. The van der Waals surface area contributed by atoms with Crippen molar-refractivity contribution in [3.8, 4) is 0 Å². The Labute approximate surface area is 91.0 Å². The number of methoxy groups -OCH3 is 1. The molecular formula is C8H19N3O3S. The highest BCUT2D eigenvalue weighted by Crippen LogP contribution is 2.02. The number of amidine groups is 1. The summed E-state index contributed by atoms with van der Waals surface area (Å²) in [7, 11) is -1.81. The highest BCUT2D eigenvalue weighted by molar-refractivity contribution is 7.89. The number of nitrogens with two attached hydrogens (primary N) is 1. The molecule has 0 atom stereocenters. The summed E-state index contributed by atoms with van der Waals surface area (Å²) >= 11 is 0. The Balaban J connectivity index is 4.31. The molecule has 0 radical (unpaired) electrons. The fourth-order valence-corrected chi connectivity index (χ4v) is 2.46. The molecule has 0 spiro atoms. The van der Waals surface area contributed by atoms with Gasteiger partial charge in [0.15, 0.2) is 0 Å². The van der Waals surface area contributed by atoms with E-state index in [0.29, 0.717) is 6.54 Å². The summed E-state index contributed by atoms with van der Waals surface area (Å²) in [6.45, 7) is 2.58. The van der Waals surface area contributed by atoms with Gasteiger partial charge < -0.3 is 10.5 Å². The molecule has 0 bridgehead atoms. The van der Waals surface area contributed by atoms with Crippen LogP contribution < -0.4 is 5.73 Å². The maximum absolute atomic E-state index is 11.7. The van der Waals surface area contributed by atoms with E-state index in [1.165, 1.54) is 11.4 Å². The van der Waals surface area contributed by atoms with E-state index in [4.69, 9.17) is 15.9 Å². The van der Waals surface area contributed by atoms with Gasteiger partial charge in [-0.3, -0.25) is 5.41 Å². The number of rotatable bonds is 8. The Morgan fingerprint density at radius 3 is 2.53 bits per heavy atom. The summed E-state index contributed by atoms with van der Waals surface area (Å²) in [5, 5.41) is 7.04. The van der Waals surface area contributed by atoms with Gasteiger partial charge in [-0.25, -0.2) is 12.7 Å². The topological polar surface area (TPSA) is 96.5 Å². The van der Waals surface area contributed by atoms with Gasteiger partial charge in [-0.2, -0.15) is 0 Å². The second-order valence-electron chi connectivity index (χ2n) is 3.08. The van der Waals surface area contributed by atoms with Gasteiger partial charge in [-0.05, 0) is 0 Å². The summed E-state index contributed by atoms with van der Waals surface area (Å²) in [6.07, 6.45) is 0.264. The molecule has 0 amide bonds. The summed E-state index contributed by atoms with van der Waals surface area (Å²) in [5.74, 6) is -0.0368. The van der Waals surface area contributed by atoms with Crippen LogP contribution in [0.15, 0.2) is 0 Å². The van der Waals surface area contributed by atoms with Crippen molar-refractivity contribution in [3.05, 3.63) is 0 Å². The molecule has 6 nitrogen and oxygen atoms in total. The van der Waals surface area contributed by atoms with Crippen LogP contribution in [0.4, 0.5) is 0 Å². The minimum atomic E-state index is -3.27. The minimum absolute atomic E-state index is 0.00427. The normalized spacial score (nSPS) is 11.9. The molecule has 0 unspecified atom stereocenters. The minimum Gasteiger partial charge on any atom is -0.388 e. The predicted octanol–water partition coefficient (Wildman–Crippen LogP) is -0.389. The van der Waals surface area contributed by atoms with Crippen molar-refractivity contribution in [1.29, 1.82) is 5.41 Å². The lowest BCUT2D eigenvalue weighted by molar-refractivity contribution is 0.215. The quantitative estimate of drug-likeness (QED) is 0.444. The molecule has 0 saturated carbocycles. The van der Waals surface area contributed by atoms with Crippen LogP contribution in [0, 0.1) is 5.41 Å². The molecule has 0 fully saturated rings. The molecule has 0 aliphatic heterocycles. The first-order chi connectivity index (χ1) is 6.94. The van der Waals surface area contributed by atoms with Gasteiger partial charge in [0, 0.05) is 26.6 Å². The molecule has 0 aromatic carbocycles. The maximum atomic E-state index is 11.7. The first-order valence-corrected chi connectivity index (χ1v) is 6.34. The van der Waals surface area contributed by atoms with E-state index in [1.807, 2.05) is 0 Å². The van der Waals surface area contributed by atoms with E-state index in [1.54, 1.807) is 6.92 Å². The van der Waals surface area contributed by atoms with Gasteiger partial charge in [0.2, 0.25) is 10.0 Å². The number of ether oxygens (including phenoxy) is 1.